The van der Waals surface area contributed by atoms with E-state index in [0.717, 1.165) is 11.1 Å². The fourth-order valence-electron chi connectivity index (χ4n) is 2.42. The van der Waals surface area contributed by atoms with E-state index in [9.17, 15) is 4.79 Å². The maximum absolute atomic E-state index is 12.1. The van der Waals surface area contributed by atoms with Crippen molar-refractivity contribution >= 4 is 29.6 Å². The summed E-state index contributed by atoms with van der Waals surface area (Å²) in [5.41, 5.74) is 5.97. The Balaban J connectivity index is 1.72. The summed E-state index contributed by atoms with van der Waals surface area (Å²) in [4.78, 5) is 12.1. The topological polar surface area (TPSA) is 53.5 Å². The zero-order valence-corrected chi connectivity index (χ0v) is 15.3. The molecule has 28 heavy (non-hydrogen) atoms. The first-order valence-corrected chi connectivity index (χ1v) is 8.95. The van der Waals surface area contributed by atoms with Gasteiger partial charge in [-0.3, -0.25) is 0 Å². The predicted octanol–water partition coefficient (Wildman–Crippen LogP) is 5.59. The number of nitrogens with zero attached hydrogens (tertiary/aromatic N) is 1. The molecule has 0 aliphatic heterocycles. The summed E-state index contributed by atoms with van der Waals surface area (Å²) in [6, 6.07) is 28.7. The average Bonchev–Trinajstić information content (AvgIpc) is 2.75. The van der Waals surface area contributed by atoms with Crippen molar-refractivity contribution in [1.29, 1.82) is 0 Å². The minimum atomic E-state index is -0.398. The molecule has 3 aromatic carbocycles. The highest BCUT2D eigenvalue weighted by molar-refractivity contribution is 6.09. The van der Waals surface area contributed by atoms with Gasteiger partial charge in [0.05, 0.1) is 5.71 Å². The number of allylic oxidation sites excluding steroid dienone is 2. The third-order valence-electron chi connectivity index (χ3n) is 3.81. The van der Waals surface area contributed by atoms with Gasteiger partial charge >= 0.3 is 6.03 Å². The summed E-state index contributed by atoms with van der Waals surface area (Å²) in [5.74, 6) is 0. The standard InChI is InChI=1S/C24H21N3O/c28-24(25-22-14-8-3-9-15-22)27-26-23(18-16-20-10-4-1-5-11-20)19-17-21-12-6-2-7-13-21/h1-19H,(H2,25,27,28). The summed E-state index contributed by atoms with van der Waals surface area (Å²) in [5, 5.41) is 6.97. The Bertz CT molecular complexity index is 911. The molecular formula is C24H21N3O. The normalized spacial score (nSPS) is 10.7. The van der Waals surface area contributed by atoms with Crippen LogP contribution in [-0.2, 0) is 0 Å². The van der Waals surface area contributed by atoms with Crippen molar-refractivity contribution in [2.45, 2.75) is 0 Å². The maximum atomic E-state index is 12.1. The number of urea groups is 1. The number of rotatable bonds is 6. The number of benzene rings is 3. The summed E-state index contributed by atoms with van der Waals surface area (Å²) in [6.07, 6.45) is 7.62. The highest BCUT2D eigenvalue weighted by Gasteiger charge is 1.99. The van der Waals surface area contributed by atoms with Crippen molar-refractivity contribution in [3.63, 3.8) is 0 Å². The Labute approximate surface area is 164 Å². The molecule has 0 unspecified atom stereocenters. The molecule has 0 aromatic heterocycles. The number of hydrogen-bond donors (Lipinski definition) is 2. The van der Waals surface area contributed by atoms with E-state index in [1.54, 1.807) is 0 Å². The van der Waals surface area contributed by atoms with Crippen LogP contribution in [0.15, 0.2) is 108 Å². The van der Waals surface area contributed by atoms with Crippen molar-refractivity contribution < 1.29 is 4.79 Å². The lowest BCUT2D eigenvalue weighted by molar-refractivity contribution is 0.252. The van der Waals surface area contributed by atoms with E-state index < -0.39 is 6.03 Å². The lowest BCUT2D eigenvalue weighted by Gasteiger charge is -2.04. The minimum Gasteiger partial charge on any atom is -0.307 e. The number of hydrogen-bond acceptors (Lipinski definition) is 2. The van der Waals surface area contributed by atoms with E-state index in [1.165, 1.54) is 0 Å². The van der Waals surface area contributed by atoms with Gasteiger partial charge in [-0.2, -0.15) is 5.10 Å². The average molecular weight is 367 g/mol. The first kappa shape index (κ1) is 18.9. The van der Waals surface area contributed by atoms with E-state index in [2.05, 4.69) is 15.8 Å². The summed E-state index contributed by atoms with van der Waals surface area (Å²) in [7, 11) is 0. The van der Waals surface area contributed by atoms with E-state index in [1.807, 2.05) is 115 Å². The zero-order chi connectivity index (χ0) is 19.4. The van der Waals surface area contributed by atoms with Crippen LogP contribution in [0, 0.1) is 0 Å². The fraction of sp³-hybridized carbons (Fsp3) is 0. The van der Waals surface area contributed by atoms with Gasteiger partial charge in [0, 0.05) is 5.69 Å². The van der Waals surface area contributed by atoms with Gasteiger partial charge in [0.25, 0.3) is 0 Å². The van der Waals surface area contributed by atoms with Crippen LogP contribution in [0.3, 0.4) is 0 Å². The van der Waals surface area contributed by atoms with Gasteiger partial charge in [0.2, 0.25) is 0 Å². The largest absolute Gasteiger partial charge is 0.339 e. The maximum Gasteiger partial charge on any atom is 0.339 e. The smallest absolute Gasteiger partial charge is 0.307 e. The first-order chi connectivity index (χ1) is 13.8. The Kier molecular flexibility index (Phi) is 6.93. The molecule has 0 heterocycles. The molecule has 0 spiro atoms. The SMILES string of the molecule is O=C(NN=C(C=Cc1ccccc1)C=Cc1ccccc1)Nc1ccccc1. The molecule has 3 rings (SSSR count). The molecule has 0 bridgehead atoms. The number of nitrogens with one attached hydrogen (secondary N) is 2. The third kappa shape index (κ3) is 6.42. The second-order valence-electron chi connectivity index (χ2n) is 5.96. The zero-order valence-electron chi connectivity index (χ0n) is 15.3. The minimum absolute atomic E-state index is 0.398. The van der Waals surface area contributed by atoms with Gasteiger partial charge in [-0.05, 0) is 35.4 Å². The number of amides is 2. The quantitative estimate of drug-likeness (QED) is 0.433. The van der Waals surface area contributed by atoms with Gasteiger partial charge in [-0.15, -0.1) is 0 Å². The molecule has 0 saturated carbocycles. The Morgan fingerprint density at radius 3 is 1.64 bits per heavy atom. The molecule has 0 fully saturated rings. The van der Waals surface area contributed by atoms with E-state index in [0.29, 0.717) is 11.4 Å². The van der Waals surface area contributed by atoms with Crippen LogP contribution in [0.2, 0.25) is 0 Å². The van der Waals surface area contributed by atoms with Crippen LogP contribution in [0.1, 0.15) is 11.1 Å². The number of hydrazone groups is 1. The first-order valence-electron chi connectivity index (χ1n) is 8.95. The molecule has 4 heteroatoms. The predicted molar refractivity (Wildman–Crippen MR) is 117 cm³/mol. The molecule has 2 amide bonds. The monoisotopic (exact) mass is 367 g/mol. The number of carbonyl (C=O) groups excluding carboxylic acids is 1. The molecule has 4 nitrogen and oxygen atoms in total. The summed E-state index contributed by atoms with van der Waals surface area (Å²) < 4.78 is 0. The van der Waals surface area contributed by atoms with Crippen LogP contribution >= 0.6 is 0 Å². The van der Waals surface area contributed by atoms with Gasteiger partial charge in [-0.1, -0.05) is 91.0 Å². The molecule has 0 aliphatic rings. The lowest BCUT2D eigenvalue weighted by atomic mass is 10.1. The van der Waals surface area contributed by atoms with Crippen molar-refractivity contribution in [2.75, 3.05) is 5.32 Å². The molecule has 138 valence electrons. The van der Waals surface area contributed by atoms with Crippen LogP contribution in [0.5, 0.6) is 0 Å². The Morgan fingerprint density at radius 1 is 0.679 bits per heavy atom. The van der Waals surface area contributed by atoms with Gasteiger partial charge in [0.15, 0.2) is 0 Å². The van der Waals surface area contributed by atoms with Crippen LogP contribution in [-0.4, -0.2) is 11.7 Å². The second kappa shape index (κ2) is 10.3. The van der Waals surface area contributed by atoms with Crippen molar-refractivity contribution in [1.82, 2.24) is 5.43 Å². The second-order valence-corrected chi connectivity index (χ2v) is 5.96. The molecular weight excluding hydrogens is 346 g/mol. The molecule has 0 radical (unpaired) electrons. The molecule has 0 aliphatic carbocycles. The summed E-state index contributed by atoms with van der Waals surface area (Å²) >= 11 is 0. The van der Waals surface area contributed by atoms with Crippen molar-refractivity contribution in [3.05, 3.63) is 114 Å². The highest BCUT2D eigenvalue weighted by Crippen LogP contribution is 2.06. The third-order valence-corrected chi connectivity index (χ3v) is 3.81. The van der Waals surface area contributed by atoms with E-state index >= 15 is 0 Å². The Morgan fingerprint density at radius 2 is 1.14 bits per heavy atom. The van der Waals surface area contributed by atoms with Crippen LogP contribution in [0.4, 0.5) is 10.5 Å². The van der Waals surface area contributed by atoms with Crippen molar-refractivity contribution in [2.24, 2.45) is 5.10 Å². The summed E-state index contributed by atoms with van der Waals surface area (Å²) in [6.45, 7) is 0. The van der Waals surface area contributed by atoms with Crippen molar-refractivity contribution in [3.8, 4) is 0 Å². The Hall–Kier alpha value is -3.92. The lowest BCUT2D eigenvalue weighted by Crippen LogP contribution is -2.24. The van der Waals surface area contributed by atoms with E-state index in [4.69, 9.17) is 0 Å². The number of para-hydroxylation sites is 1. The molecule has 0 saturated heterocycles. The molecule has 3 aromatic rings. The van der Waals surface area contributed by atoms with E-state index in [-0.39, 0.29) is 0 Å². The fourth-order valence-corrected chi connectivity index (χ4v) is 2.42. The molecule has 0 atom stereocenters. The highest BCUT2D eigenvalue weighted by atomic mass is 16.2. The van der Waals surface area contributed by atoms with Crippen LogP contribution in [0.25, 0.3) is 12.2 Å². The van der Waals surface area contributed by atoms with Gasteiger partial charge in [0.1, 0.15) is 0 Å². The van der Waals surface area contributed by atoms with Gasteiger partial charge in [-0.25, -0.2) is 10.2 Å². The van der Waals surface area contributed by atoms with Crippen LogP contribution < -0.4 is 10.7 Å². The number of carbonyl (C=O) groups is 1. The molecule has 2 N–H and O–H groups in total. The number of anilines is 1. The van der Waals surface area contributed by atoms with Gasteiger partial charge < -0.3 is 5.32 Å².